The zero-order chi connectivity index (χ0) is 25.1. The number of amides is 2. The van der Waals surface area contributed by atoms with Crippen LogP contribution in [0.3, 0.4) is 0 Å². The van der Waals surface area contributed by atoms with Gasteiger partial charge in [-0.3, -0.25) is 9.59 Å². The lowest BCUT2D eigenvalue weighted by Gasteiger charge is -2.44. The monoisotopic (exact) mass is 480 g/mol. The van der Waals surface area contributed by atoms with E-state index in [4.69, 9.17) is 9.72 Å². The van der Waals surface area contributed by atoms with Crippen LogP contribution in [0.25, 0.3) is 0 Å². The van der Waals surface area contributed by atoms with E-state index in [1.54, 1.807) is 11.9 Å². The third-order valence-electron chi connectivity index (χ3n) is 6.75. The average molecular weight is 481 g/mol. The molecular weight excluding hydrogens is 444 g/mol. The van der Waals surface area contributed by atoms with Crippen molar-refractivity contribution in [1.82, 2.24) is 15.2 Å². The summed E-state index contributed by atoms with van der Waals surface area (Å²) in [7, 11) is 5.76. The highest BCUT2D eigenvalue weighted by Gasteiger charge is 2.39. The SMILES string of the molecule is Cc1cc(C(=O)NCCN(C)C)ccc1Nc1ccc2c(n1)N(C1CCOCC1)[C@H](C)C(=O)N2C. The number of hydrogen-bond donors (Lipinski definition) is 2. The van der Waals surface area contributed by atoms with E-state index in [2.05, 4.69) is 15.5 Å². The smallest absolute Gasteiger partial charge is 0.251 e. The van der Waals surface area contributed by atoms with Crippen LogP contribution in [-0.4, -0.2) is 81.2 Å². The lowest BCUT2D eigenvalue weighted by Crippen LogP contribution is -2.56. The van der Waals surface area contributed by atoms with Crippen LogP contribution < -0.4 is 20.4 Å². The van der Waals surface area contributed by atoms with Crippen LogP contribution in [0.2, 0.25) is 0 Å². The summed E-state index contributed by atoms with van der Waals surface area (Å²) in [6.07, 6.45) is 1.74. The van der Waals surface area contributed by atoms with Crippen LogP contribution in [0.1, 0.15) is 35.7 Å². The Labute approximate surface area is 207 Å². The second-order valence-electron chi connectivity index (χ2n) is 9.58. The van der Waals surface area contributed by atoms with Crippen LogP contribution in [0.5, 0.6) is 0 Å². The fourth-order valence-electron chi connectivity index (χ4n) is 4.69. The average Bonchev–Trinajstić information content (AvgIpc) is 2.84. The molecule has 2 aliphatic heterocycles. The number of benzene rings is 1. The van der Waals surface area contributed by atoms with Crippen LogP contribution in [0, 0.1) is 6.92 Å². The molecule has 1 aromatic heterocycles. The number of anilines is 4. The molecule has 2 N–H and O–H groups in total. The highest BCUT2D eigenvalue weighted by atomic mass is 16.5. The normalized spacial score (nSPS) is 18.6. The van der Waals surface area contributed by atoms with Gasteiger partial charge in [0.1, 0.15) is 11.9 Å². The molecule has 9 nitrogen and oxygen atoms in total. The number of nitrogens with zero attached hydrogens (tertiary/aromatic N) is 4. The van der Waals surface area contributed by atoms with E-state index in [0.29, 0.717) is 31.1 Å². The molecule has 4 rings (SSSR count). The summed E-state index contributed by atoms with van der Waals surface area (Å²) in [5.74, 6) is 1.50. The third-order valence-corrected chi connectivity index (χ3v) is 6.75. The Kier molecular flexibility index (Phi) is 7.57. The summed E-state index contributed by atoms with van der Waals surface area (Å²) >= 11 is 0. The standard InChI is InChI=1S/C26H36N6O3/c1-17-16-19(25(33)27-12-13-30(3)4)6-7-21(17)28-23-9-8-22-24(29-23)32(18(2)26(34)31(22)5)20-10-14-35-15-11-20/h6-9,16,18,20H,10-15H2,1-5H3,(H,27,33)(H,28,29)/t18-/m1/s1. The van der Waals surface area contributed by atoms with Gasteiger partial charge in [-0.15, -0.1) is 0 Å². The zero-order valence-electron chi connectivity index (χ0n) is 21.3. The van der Waals surface area contributed by atoms with Crippen molar-refractivity contribution in [3.8, 4) is 0 Å². The number of carbonyl (C=O) groups is 2. The Bertz CT molecular complexity index is 1080. The van der Waals surface area contributed by atoms with Gasteiger partial charge >= 0.3 is 0 Å². The van der Waals surface area contributed by atoms with Gasteiger partial charge in [-0.25, -0.2) is 4.98 Å². The molecule has 0 spiro atoms. The van der Waals surface area contributed by atoms with Crippen molar-refractivity contribution in [3.63, 3.8) is 0 Å². The number of ether oxygens (including phenoxy) is 1. The molecule has 0 saturated carbocycles. The summed E-state index contributed by atoms with van der Waals surface area (Å²) < 4.78 is 5.55. The van der Waals surface area contributed by atoms with Crippen LogP contribution in [0.4, 0.5) is 23.0 Å². The molecule has 3 heterocycles. The maximum atomic E-state index is 12.9. The maximum absolute atomic E-state index is 12.9. The predicted octanol–water partition coefficient (Wildman–Crippen LogP) is 2.78. The molecule has 2 aromatic rings. The Morgan fingerprint density at radius 2 is 1.94 bits per heavy atom. The molecule has 1 fully saturated rings. The van der Waals surface area contributed by atoms with Crippen LogP contribution >= 0.6 is 0 Å². The van der Waals surface area contributed by atoms with Gasteiger partial charge in [0.15, 0.2) is 5.82 Å². The largest absolute Gasteiger partial charge is 0.381 e. The molecule has 0 unspecified atom stereocenters. The van der Waals surface area contributed by atoms with Gasteiger partial charge in [0, 0.05) is 50.6 Å². The molecule has 1 saturated heterocycles. The number of carbonyl (C=O) groups excluding carboxylic acids is 2. The van der Waals surface area contributed by atoms with Crippen molar-refractivity contribution < 1.29 is 14.3 Å². The quantitative estimate of drug-likeness (QED) is 0.630. The Morgan fingerprint density at radius 1 is 1.20 bits per heavy atom. The fraction of sp³-hybridized carbons (Fsp3) is 0.500. The van der Waals surface area contributed by atoms with Gasteiger partial charge in [-0.1, -0.05) is 0 Å². The van der Waals surface area contributed by atoms with E-state index in [0.717, 1.165) is 42.1 Å². The van der Waals surface area contributed by atoms with E-state index < -0.39 is 0 Å². The molecule has 9 heteroatoms. The Hall–Kier alpha value is -3.17. The van der Waals surface area contributed by atoms with Crippen LogP contribution in [0.15, 0.2) is 30.3 Å². The first-order chi connectivity index (χ1) is 16.8. The van der Waals surface area contributed by atoms with Crippen molar-refractivity contribution in [2.24, 2.45) is 0 Å². The fourth-order valence-corrected chi connectivity index (χ4v) is 4.69. The van der Waals surface area contributed by atoms with Gasteiger partial charge in [0.25, 0.3) is 5.91 Å². The molecule has 188 valence electrons. The van der Waals surface area contributed by atoms with Crippen molar-refractivity contribution >= 4 is 34.8 Å². The van der Waals surface area contributed by atoms with Crippen molar-refractivity contribution in [3.05, 3.63) is 41.5 Å². The maximum Gasteiger partial charge on any atom is 0.251 e. The number of nitrogens with one attached hydrogen (secondary N) is 2. The van der Waals surface area contributed by atoms with Crippen molar-refractivity contribution in [2.75, 3.05) is 62.6 Å². The molecule has 35 heavy (non-hydrogen) atoms. The molecule has 2 aliphatic rings. The third kappa shape index (κ3) is 5.41. The van der Waals surface area contributed by atoms with Gasteiger partial charge in [0.2, 0.25) is 5.91 Å². The molecule has 1 aromatic carbocycles. The Morgan fingerprint density at radius 3 is 2.63 bits per heavy atom. The molecule has 0 aliphatic carbocycles. The van der Waals surface area contributed by atoms with E-state index in [1.807, 2.05) is 63.2 Å². The second-order valence-corrected chi connectivity index (χ2v) is 9.58. The summed E-state index contributed by atoms with van der Waals surface area (Å²) in [4.78, 5) is 36.2. The topological polar surface area (TPSA) is 90.0 Å². The molecule has 0 bridgehead atoms. The van der Waals surface area contributed by atoms with Gasteiger partial charge in [-0.2, -0.15) is 0 Å². The number of fused-ring (bicyclic) bond motifs is 1. The van der Waals surface area contributed by atoms with E-state index in [9.17, 15) is 9.59 Å². The Balaban J connectivity index is 1.55. The highest BCUT2D eigenvalue weighted by molar-refractivity contribution is 6.04. The highest BCUT2D eigenvalue weighted by Crippen LogP contribution is 2.38. The van der Waals surface area contributed by atoms with Gasteiger partial charge < -0.3 is 30.1 Å². The number of hydrogen-bond acceptors (Lipinski definition) is 7. The minimum Gasteiger partial charge on any atom is -0.381 e. The van der Waals surface area contributed by atoms with Crippen LogP contribution in [-0.2, 0) is 9.53 Å². The van der Waals surface area contributed by atoms with E-state index >= 15 is 0 Å². The number of aromatic nitrogens is 1. The first kappa shape index (κ1) is 24.9. The molecule has 0 radical (unpaired) electrons. The lowest BCUT2D eigenvalue weighted by molar-refractivity contribution is -0.119. The summed E-state index contributed by atoms with van der Waals surface area (Å²) in [6.45, 7) is 6.70. The minimum absolute atomic E-state index is 0.0711. The zero-order valence-corrected chi connectivity index (χ0v) is 21.3. The summed E-state index contributed by atoms with van der Waals surface area (Å²) in [5.41, 5.74) is 3.27. The number of likely N-dealkylation sites (N-methyl/N-ethyl adjacent to an activating group) is 2. The van der Waals surface area contributed by atoms with Gasteiger partial charge in [-0.05, 0) is 76.7 Å². The number of pyridine rings is 1. The second kappa shape index (κ2) is 10.6. The lowest BCUT2D eigenvalue weighted by atomic mass is 10.0. The van der Waals surface area contributed by atoms with Crippen molar-refractivity contribution in [2.45, 2.75) is 38.8 Å². The molecular formula is C26H36N6O3. The number of aryl methyl sites for hydroxylation is 1. The van der Waals surface area contributed by atoms with E-state index in [1.165, 1.54) is 0 Å². The summed E-state index contributed by atoms with van der Waals surface area (Å²) in [6, 6.07) is 9.38. The molecule has 1 atom stereocenters. The summed E-state index contributed by atoms with van der Waals surface area (Å²) in [5, 5.41) is 6.36. The first-order valence-electron chi connectivity index (χ1n) is 12.2. The van der Waals surface area contributed by atoms with E-state index in [-0.39, 0.29) is 23.9 Å². The molecule has 2 amide bonds. The number of rotatable bonds is 7. The predicted molar refractivity (Wildman–Crippen MR) is 139 cm³/mol. The van der Waals surface area contributed by atoms with Crippen molar-refractivity contribution in [1.29, 1.82) is 0 Å². The van der Waals surface area contributed by atoms with Gasteiger partial charge in [0.05, 0.1) is 5.69 Å². The minimum atomic E-state index is -0.287. The first-order valence-corrected chi connectivity index (χ1v) is 12.2.